The molecule has 4 rings (SSSR count). The fourth-order valence-corrected chi connectivity index (χ4v) is 3.08. The van der Waals surface area contributed by atoms with Gasteiger partial charge in [0.25, 0.3) is 5.69 Å². The third-order valence-corrected chi connectivity index (χ3v) is 4.60. The number of aliphatic imine (C=N–C) groups is 1. The van der Waals surface area contributed by atoms with E-state index in [1.807, 2.05) is 0 Å². The van der Waals surface area contributed by atoms with Crippen LogP contribution in [0.4, 0.5) is 34.1 Å². The van der Waals surface area contributed by atoms with Crippen LogP contribution in [0.5, 0.6) is 11.5 Å². The maximum Gasteiger partial charge on any atom is 0.306 e. The Morgan fingerprint density at radius 3 is 2.18 bits per heavy atom. The second-order valence-electron chi connectivity index (χ2n) is 6.64. The Hall–Kier alpha value is -5.07. The molecule has 1 aliphatic rings. The number of benzene rings is 3. The topological polar surface area (TPSA) is 172 Å². The van der Waals surface area contributed by atoms with Crippen LogP contribution in [0.3, 0.4) is 0 Å². The first kappa shape index (κ1) is 21.2. The van der Waals surface area contributed by atoms with Gasteiger partial charge in [0.1, 0.15) is 0 Å². The van der Waals surface area contributed by atoms with E-state index < -0.39 is 37.5 Å². The third-order valence-electron chi connectivity index (χ3n) is 4.60. The van der Waals surface area contributed by atoms with Crippen molar-refractivity contribution in [3.05, 3.63) is 90.5 Å². The van der Waals surface area contributed by atoms with Gasteiger partial charge in [-0.15, -0.1) is 0 Å². The van der Waals surface area contributed by atoms with Gasteiger partial charge in [-0.25, -0.2) is 0 Å². The fourth-order valence-electron chi connectivity index (χ4n) is 3.08. The number of fused-ring (bicyclic) bond motifs is 1. The van der Waals surface area contributed by atoms with Crippen LogP contribution >= 0.6 is 0 Å². The zero-order chi connectivity index (χ0) is 23.5. The maximum absolute atomic E-state index is 11.5. The number of nitrogens with zero attached hydrogens (tertiary/aromatic N) is 4. The van der Waals surface area contributed by atoms with Gasteiger partial charge < -0.3 is 14.8 Å². The number of hydrogen-bond donors (Lipinski definition) is 1. The van der Waals surface area contributed by atoms with E-state index in [9.17, 15) is 30.3 Å². The molecule has 0 atom stereocenters. The van der Waals surface area contributed by atoms with E-state index in [-0.39, 0.29) is 12.5 Å². The summed E-state index contributed by atoms with van der Waals surface area (Å²) < 4.78 is 10.6. The van der Waals surface area contributed by atoms with E-state index in [1.54, 1.807) is 36.4 Å². The molecule has 1 heterocycles. The predicted molar refractivity (Wildman–Crippen MR) is 116 cm³/mol. The van der Waals surface area contributed by atoms with Gasteiger partial charge in [0.2, 0.25) is 6.79 Å². The van der Waals surface area contributed by atoms with Gasteiger partial charge in [-0.3, -0.25) is 35.3 Å². The number of para-hydroxylation sites is 2. The van der Waals surface area contributed by atoms with Crippen molar-refractivity contribution in [3.8, 4) is 11.5 Å². The van der Waals surface area contributed by atoms with E-state index in [0.29, 0.717) is 34.9 Å². The molecule has 0 bridgehead atoms. The molecule has 0 spiro atoms. The lowest BCUT2D eigenvalue weighted by atomic mass is 10.1. The highest BCUT2D eigenvalue weighted by Crippen LogP contribution is 2.41. The van der Waals surface area contributed by atoms with Gasteiger partial charge in [0.05, 0.1) is 38.3 Å². The minimum Gasteiger partial charge on any atom is -0.454 e. The molecule has 0 aliphatic carbocycles. The summed E-state index contributed by atoms with van der Waals surface area (Å²) in [7, 11) is 0. The van der Waals surface area contributed by atoms with Crippen molar-refractivity contribution in [1.82, 2.24) is 0 Å². The summed E-state index contributed by atoms with van der Waals surface area (Å²) in [5, 5.41) is 36.8. The Labute approximate surface area is 184 Å². The lowest BCUT2D eigenvalue weighted by Gasteiger charge is -2.10. The number of hydrogen-bond acceptors (Lipinski definition) is 10. The van der Waals surface area contributed by atoms with Crippen LogP contribution in [-0.2, 0) is 0 Å². The van der Waals surface area contributed by atoms with Gasteiger partial charge in [-0.2, -0.15) is 0 Å². The number of anilines is 2. The van der Waals surface area contributed by atoms with Crippen molar-refractivity contribution >= 4 is 40.3 Å². The Kier molecular flexibility index (Phi) is 5.51. The standard InChI is InChI=1S/C20H13N5O8/c26-23(27)13-8-16(24(28)29)20(17(9-13)25(30)31)22-15-4-2-1-3-14(15)21-10-12-5-6-18-19(7-12)33-11-32-18/h1-10,22H,11H2. The largest absolute Gasteiger partial charge is 0.454 e. The highest BCUT2D eigenvalue weighted by molar-refractivity contribution is 5.88. The van der Waals surface area contributed by atoms with Gasteiger partial charge in [-0.05, 0) is 35.9 Å². The van der Waals surface area contributed by atoms with Crippen LogP contribution in [0.25, 0.3) is 0 Å². The van der Waals surface area contributed by atoms with Crippen LogP contribution in [0.2, 0.25) is 0 Å². The molecule has 3 aromatic carbocycles. The molecular weight excluding hydrogens is 438 g/mol. The third kappa shape index (κ3) is 4.36. The second kappa shape index (κ2) is 8.58. The van der Waals surface area contributed by atoms with Crippen LogP contribution in [0, 0.1) is 30.3 Å². The Bertz CT molecular complexity index is 1290. The van der Waals surface area contributed by atoms with Crippen LogP contribution in [0.15, 0.2) is 59.6 Å². The van der Waals surface area contributed by atoms with Crippen molar-refractivity contribution in [3.63, 3.8) is 0 Å². The SMILES string of the molecule is O=[N+]([O-])c1cc([N+](=O)[O-])c(Nc2ccccc2N=Cc2ccc3c(c2)OCO3)c([N+](=O)[O-])c1. The van der Waals surface area contributed by atoms with Crippen molar-refractivity contribution in [2.75, 3.05) is 12.1 Å². The summed E-state index contributed by atoms with van der Waals surface area (Å²) >= 11 is 0. The first-order valence-corrected chi connectivity index (χ1v) is 9.24. The molecule has 3 aromatic rings. The highest BCUT2D eigenvalue weighted by atomic mass is 16.7. The molecule has 0 saturated carbocycles. The molecule has 13 heteroatoms. The number of nitro benzene ring substituents is 3. The molecular formula is C20H13N5O8. The van der Waals surface area contributed by atoms with E-state index in [4.69, 9.17) is 9.47 Å². The zero-order valence-electron chi connectivity index (χ0n) is 16.5. The number of nitrogens with one attached hydrogen (secondary N) is 1. The number of ether oxygens (including phenoxy) is 2. The molecule has 0 unspecified atom stereocenters. The Morgan fingerprint density at radius 2 is 1.52 bits per heavy atom. The Balaban J connectivity index is 1.73. The van der Waals surface area contributed by atoms with Gasteiger partial charge in [-0.1, -0.05) is 12.1 Å². The average Bonchev–Trinajstić information content (AvgIpc) is 3.26. The molecule has 33 heavy (non-hydrogen) atoms. The van der Waals surface area contributed by atoms with Crippen LogP contribution in [-0.4, -0.2) is 27.8 Å². The summed E-state index contributed by atoms with van der Waals surface area (Å²) in [6.45, 7) is 0.121. The van der Waals surface area contributed by atoms with Crippen molar-refractivity contribution < 1.29 is 24.2 Å². The van der Waals surface area contributed by atoms with Gasteiger partial charge in [0.15, 0.2) is 17.2 Å². The summed E-state index contributed by atoms with van der Waals surface area (Å²) in [4.78, 5) is 35.7. The molecule has 1 N–H and O–H groups in total. The van der Waals surface area contributed by atoms with Crippen molar-refractivity contribution in [1.29, 1.82) is 0 Å². The Morgan fingerprint density at radius 1 is 0.848 bits per heavy atom. The predicted octanol–water partition coefficient (Wildman–Crippen LogP) is 4.63. The first-order chi connectivity index (χ1) is 15.8. The number of nitro groups is 3. The zero-order valence-corrected chi connectivity index (χ0v) is 16.5. The van der Waals surface area contributed by atoms with Crippen LogP contribution in [0.1, 0.15) is 5.56 Å². The maximum atomic E-state index is 11.5. The summed E-state index contributed by atoms with van der Waals surface area (Å²) in [6.07, 6.45) is 1.52. The normalized spacial score (nSPS) is 12.0. The highest BCUT2D eigenvalue weighted by Gasteiger charge is 2.31. The minimum atomic E-state index is -0.937. The quantitative estimate of drug-likeness (QED) is 0.305. The monoisotopic (exact) mass is 451 g/mol. The van der Waals surface area contributed by atoms with E-state index in [1.165, 1.54) is 12.3 Å². The summed E-state index contributed by atoms with van der Waals surface area (Å²) in [6, 6.07) is 12.9. The van der Waals surface area contributed by atoms with Gasteiger partial charge in [0, 0.05) is 6.21 Å². The fraction of sp³-hybridized carbons (Fsp3) is 0.0500. The average molecular weight is 451 g/mol. The summed E-state index contributed by atoms with van der Waals surface area (Å²) in [5.41, 5.74) is -1.68. The lowest BCUT2D eigenvalue weighted by molar-refractivity contribution is -0.401. The molecule has 13 nitrogen and oxygen atoms in total. The molecule has 166 valence electrons. The molecule has 0 aromatic heterocycles. The molecule has 0 radical (unpaired) electrons. The van der Waals surface area contributed by atoms with Gasteiger partial charge >= 0.3 is 11.4 Å². The summed E-state index contributed by atoms with van der Waals surface area (Å²) in [5.74, 6) is 1.16. The second-order valence-corrected chi connectivity index (χ2v) is 6.64. The molecule has 1 aliphatic heterocycles. The lowest BCUT2D eigenvalue weighted by Crippen LogP contribution is -2.03. The van der Waals surface area contributed by atoms with Crippen molar-refractivity contribution in [2.24, 2.45) is 4.99 Å². The first-order valence-electron chi connectivity index (χ1n) is 9.24. The minimum absolute atomic E-state index is 0.121. The van der Waals surface area contributed by atoms with E-state index in [0.717, 1.165) is 0 Å². The smallest absolute Gasteiger partial charge is 0.306 e. The van der Waals surface area contributed by atoms with E-state index in [2.05, 4.69) is 10.3 Å². The molecule has 0 saturated heterocycles. The van der Waals surface area contributed by atoms with Crippen molar-refractivity contribution in [2.45, 2.75) is 0 Å². The number of non-ortho nitro benzene ring substituents is 1. The van der Waals surface area contributed by atoms with E-state index >= 15 is 0 Å². The molecule has 0 fully saturated rings. The number of rotatable bonds is 7. The van der Waals surface area contributed by atoms with Crippen LogP contribution < -0.4 is 14.8 Å². The molecule has 0 amide bonds.